The second-order valence-electron chi connectivity index (χ2n) is 4.35. The number of benzene rings is 1. The third-order valence-corrected chi connectivity index (χ3v) is 5.71. The Kier molecular flexibility index (Phi) is 4.33. The summed E-state index contributed by atoms with van der Waals surface area (Å²) in [5, 5.41) is 2.84. The second kappa shape index (κ2) is 5.69. The number of nitrogens with two attached hydrogens (primary N) is 1. The molecule has 8 heteroatoms. The van der Waals surface area contributed by atoms with Gasteiger partial charge in [0.05, 0.1) is 21.6 Å². The van der Waals surface area contributed by atoms with E-state index in [9.17, 15) is 8.42 Å². The van der Waals surface area contributed by atoms with Gasteiger partial charge in [-0.1, -0.05) is 11.6 Å². The molecule has 0 aliphatic rings. The van der Waals surface area contributed by atoms with Gasteiger partial charge in [0.25, 0.3) is 0 Å². The highest BCUT2D eigenvalue weighted by molar-refractivity contribution is 7.89. The van der Waals surface area contributed by atoms with Crippen molar-refractivity contribution in [1.29, 1.82) is 0 Å². The fraction of sp³-hybridized carbons (Fsp3) is 0.250. The summed E-state index contributed by atoms with van der Waals surface area (Å²) in [6.45, 7) is 3.42. The number of aromatic nitrogens is 1. The van der Waals surface area contributed by atoms with E-state index in [2.05, 4.69) is 9.71 Å². The molecular weight excluding hydrogens is 318 g/mol. The molecule has 1 unspecified atom stereocenters. The van der Waals surface area contributed by atoms with Crippen molar-refractivity contribution in [3.05, 3.63) is 39.3 Å². The number of hydrogen-bond acceptors (Lipinski definition) is 5. The number of thiazole rings is 1. The smallest absolute Gasteiger partial charge is 0.241 e. The molecule has 20 heavy (non-hydrogen) atoms. The molecule has 0 bridgehead atoms. The Balaban J connectivity index is 2.34. The van der Waals surface area contributed by atoms with Gasteiger partial charge in [0.1, 0.15) is 5.01 Å². The fourth-order valence-electron chi connectivity index (χ4n) is 1.75. The Morgan fingerprint density at radius 1 is 1.45 bits per heavy atom. The summed E-state index contributed by atoms with van der Waals surface area (Å²) < 4.78 is 27.4. The van der Waals surface area contributed by atoms with E-state index in [1.54, 1.807) is 31.5 Å². The normalized spacial score (nSPS) is 13.3. The number of nitrogens with zero attached hydrogens (tertiary/aromatic N) is 1. The first-order chi connectivity index (χ1) is 9.31. The number of halogens is 1. The van der Waals surface area contributed by atoms with Crippen LogP contribution in [0, 0.1) is 6.92 Å². The van der Waals surface area contributed by atoms with Crippen molar-refractivity contribution in [3.8, 4) is 0 Å². The molecule has 1 atom stereocenters. The summed E-state index contributed by atoms with van der Waals surface area (Å²) in [6.07, 6.45) is 1.64. The largest absolute Gasteiger partial charge is 0.397 e. The van der Waals surface area contributed by atoms with Gasteiger partial charge in [0.2, 0.25) is 10.0 Å². The lowest BCUT2D eigenvalue weighted by molar-refractivity contribution is 0.566. The lowest BCUT2D eigenvalue weighted by Crippen LogP contribution is -2.27. The van der Waals surface area contributed by atoms with Crippen LogP contribution in [0.15, 0.2) is 28.6 Å². The van der Waals surface area contributed by atoms with Crippen molar-refractivity contribution in [3.63, 3.8) is 0 Å². The first-order valence-corrected chi connectivity index (χ1v) is 8.52. The Labute approximate surface area is 126 Å². The van der Waals surface area contributed by atoms with Crippen LogP contribution in [0.1, 0.15) is 23.5 Å². The molecule has 0 amide bonds. The van der Waals surface area contributed by atoms with Crippen LogP contribution in [0.25, 0.3) is 0 Å². The number of anilines is 1. The number of hydrogen-bond donors (Lipinski definition) is 2. The van der Waals surface area contributed by atoms with Gasteiger partial charge in [0, 0.05) is 11.6 Å². The van der Waals surface area contributed by atoms with Crippen molar-refractivity contribution >= 4 is 38.6 Å². The second-order valence-corrected chi connectivity index (χ2v) is 7.37. The molecule has 0 aliphatic carbocycles. The molecule has 2 aromatic rings. The predicted molar refractivity (Wildman–Crippen MR) is 81.5 cm³/mol. The molecule has 2 rings (SSSR count). The molecule has 1 aromatic heterocycles. The summed E-state index contributed by atoms with van der Waals surface area (Å²) in [4.78, 5) is 4.22. The van der Waals surface area contributed by atoms with E-state index in [1.807, 2.05) is 0 Å². The van der Waals surface area contributed by atoms with E-state index in [4.69, 9.17) is 17.3 Å². The van der Waals surface area contributed by atoms with Gasteiger partial charge in [-0.25, -0.2) is 18.1 Å². The van der Waals surface area contributed by atoms with Crippen molar-refractivity contribution in [2.75, 3.05) is 5.73 Å². The first kappa shape index (κ1) is 15.2. The molecular formula is C12H14ClN3O2S2. The molecule has 0 fully saturated rings. The predicted octanol–water partition coefficient (Wildman–Crippen LogP) is 2.73. The zero-order chi connectivity index (χ0) is 14.9. The summed E-state index contributed by atoms with van der Waals surface area (Å²) >= 11 is 7.27. The minimum absolute atomic E-state index is 0.128. The van der Waals surface area contributed by atoms with Gasteiger partial charge < -0.3 is 5.73 Å². The topological polar surface area (TPSA) is 85.1 Å². The molecule has 108 valence electrons. The highest BCUT2D eigenvalue weighted by Gasteiger charge is 2.22. The van der Waals surface area contributed by atoms with Crippen LogP contribution in [0.3, 0.4) is 0 Å². The minimum atomic E-state index is -3.68. The monoisotopic (exact) mass is 331 g/mol. The number of nitrogen functional groups attached to an aromatic ring is 1. The summed E-state index contributed by atoms with van der Waals surface area (Å²) in [7, 11) is -3.68. The SMILES string of the molecule is Cc1cc(Cl)c(N)cc1S(=O)(=O)NC(C)c1nccs1. The van der Waals surface area contributed by atoms with E-state index < -0.39 is 16.1 Å². The fourth-order valence-corrected chi connectivity index (χ4v) is 4.16. The molecule has 0 saturated heterocycles. The van der Waals surface area contributed by atoms with Crippen molar-refractivity contribution in [2.24, 2.45) is 0 Å². The van der Waals surface area contributed by atoms with Crippen LogP contribution in [-0.4, -0.2) is 13.4 Å². The number of nitrogens with one attached hydrogen (secondary N) is 1. The van der Waals surface area contributed by atoms with Crippen molar-refractivity contribution in [1.82, 2.24) is 9.71 Å². The average Bonchev–Trinajstić information content (AvgIpc) is 2.86. The van der Waals surface area contributed by atoms with Crippen LogP contribution in [0.2, 0.25) is 5.02 Å². The quantitative estimate of drug-likeness (QED) is 0.843. The van der Waals surface area contributed by atoms with Crippen molar-refractivity contribution < 1.29 is 8.42 Å². The van der Waals surface area contributed by atoms with Gasteiger partial charge in [0.15, 0.2) is 0 Å². The van der Waals surface area contributed by atoms with Crippen LogP contribution < -0.4 is 10.5 Å². The molecule has 0 aliphatic heterocycles. The Morgan fingerprint density at radius 3 is 2.75 bits per heavy atom. The van der Waals surface area contributed by atoms with Gasteiger partial charge >= 0.3 is 0 Å². The molecule has 1 aromatic carbocycles. The molecule has 1 heterocycles. The zero-order valence-corrected chi connectivity index (χ0v) is 13.3. The van der Waals surface area contributed by atoms with Crippen molar-refractivity contribution in [2.45, 2.75) is 24.8 Å². The molecule has 5 nitrogen and oxygen atoms in total. The summed E-state index contributed by atoms with van der Waals surface area (Å²) in [6, 6.07) is 2.50. The highest BCUT2D eigenvalue weighted by atomic mass is 35.5. The average molecular weight is 332 g/mol. The molecule has 0 radical (unpaired) electrons. The highest BCUT2D eigenvalue weighted by Crippen LogP contribution is 2.27. The Morgan fingerprint density at radius 2 is 2.15 bits per heavy atom. The van der Waals surface area contributed by atoms with E-state index in [-0.39, 0.29) is 10.6 Å². The van der Waals surface area contributed by atoms with Gasteiger partial charge in [-0.05, 0) is 31.5 Å². The van der Waals surface area contributed by atoms with Crippen LogP contribution >= 0.6 is 22.9 Å². The molecule has 0 saturated carbocycles. The van der Waals surface area contributed by atoms with Crippen LogP contribution in [0.4, 0.5) is 5.69 Å². The number of aryl methyl sites for hydroxylation is 1. The van der Waals surface area contributed by atoms with E-state index in [0.717, 1.165) is 0 Å². The Hall–Kier alpha value is -1.15. The zero-order valence-electron chi connectivity index (χ0n) is 10.9. The maximum atomic E-state index is 12.4. The lowest BCUT2D eigenvalue weighted by Gasteiger charge is -2.14. The Bertz CT molecular complexity index is 715. The number of sulfonamides is 1. The summed E-state index contributed by atoms with van der Waals surface area (Å²) in [5.41, 5.74) is 6.46. The lowest BCUT2D eigenvalue weighted by atomic mass is 10.2. The van der Waals surface area contributed by atoms with Gasteiger partial charge in [-0.2, -0.15) is 0 Å². The first-order valence-electron chi connectivity index (χ1n) is 5.78. The third-order valence-electron chi connectivity index (χ3n) is 2.74. The van der Waals surface area contributed by atoms with E-state index in [1.165, 1.54) is 17.4 Å². The maximum Gasteiger partial charge on any atom is 0.241 e. The van der Waals surface area contributed by atoms with E-state index in [0.29, 0.717) is 15.6 Å². The van der Waals surface area contributed by atoms with Crippen LogP contribution in [0.5, 0.6) is 0 Å². The number of rotatable bonds is 4. The van der Waals surface area contributed by atoms with Crippen LogP contribution in [-0.2, 0) is 10.0 Å². The molecule has 3 N–H and O–H groups in total. The molecule has 0 spiro atoms. The maximum absolute atomic E-state index is 12.4. The standard InChI is InChI=1S/C12H14ClN3O2S2/c1-7-5-9(13)10(14)6-11(7)20(17,18)16-8(2)12-15-3-4-19-12/h3-6,8,16H,14H2,1-2H3. The third kappa shape index (κ3) is 3.12. The van der Waals surface area contributed by atoms with E-state index >= 15 is 0 Å². The van der Waals surface area contributed by atoms with Gasteiger partial charge in [-0.15, -0.1) is 11.3 Å². The van der Waals surface area contributed by atoms with Gasteiger partial charge in [-0.3, -0.25) is 0 Å². The minimum Gasteiger partial charge on any atom is -0.397 e. The summed E-state index contributed by atoms with van der Waals surface area (Å²) in [5.74, 6) is 0.